The fourth-order valence-corrected chi connectivity index (χ4v) is 3.02. The van der Waals surface area contributed by atoms with Crippen molar-refractivity contribution in [2.24, 2.45) is 5.92 Å². The van der Waals surface area contributed by atoms with Crippen molar-refractivity contribution in [3.63, 3.8) is 0 Å². The number of nitrogens with two attached hydrogens (primary N) is 1. The molecular weight excluding hydrogens is 344 g/mol. The molecule has 0 bridgehead atoms. The normalized spacial score (nSPS) is 12.6. The minimum absolute atomic E-state index is 0.174. The van der Waals surface area contributed by atoms with Crippen molar-refractivity contribution in [2.45, 2.75) is 40.2 Å². The number of imidazole rings is 1. The molecule has 3 rings (SSSR count). The first-order valence-electron chi connectivity index (χ1n) is 8.32. The summed E-state index contributed by atoms with van der Waals surface area (Å²) in [6, 6.07) is 0. The Morgan fingerprint density at radius 3 is 2.80 bits per heavy atom. The molecule has 134 valence electrons. The maximum atomic E-state index is 6.25. The van der Waals surface area contributed by atoms with E-state index in [4.69, 9.17) is 26.7 Å². The zero-order valence-corrected chi connectivity index (χ0v) is 15.2. The molecular formula is C16H21ClN6O2. The molecule has 0 fully saturated rings. The topological polar surface area (TPSA) is 105 Å². The van der Waals surface area contributed by atoms with Crippen LogP contribution in [0.25, 0.3) is 22.6 Å². The van der Waals surface area contributed by atoms with Gasteiger partial charge in [-0.2, -0.15) is 0 Å². The summed E-state index contributed by atoms with van der Waals surface area (Å²) in [5.41, 5.74) is 7.51. The highest BCUT2D eigenvalue weighted by atomic mass is 35.5. The van der Waals surface area contributed by atoms with E-state index in [0.29, 0.717) is 47.0 Å². The van der Waals surface area contributed by atoms with Crippen molar-refractivity contribution in [1.29, 1.82) is 0 Å². The fraction of sp³-hybridized carbons (Fsp3) is 0.500. The number of ether oxygens (including phenoxy) is 1. The van der Waals surface area contributed by atoms with Crippen molar-refractivity contribution < 1.29 is 9.37 Å². The zero-order valence-electron chi connectivity index (χ0n) is 14.5. The zero-order chi connectivity index (χ0) is 18.0. The third-order valence-corrected chi connectivity index (χ3v) is 4.31. The molecule has 3 aromatic rings. The summed E-state index contributed by atoms with van der Waals surface area (Å²) in [6.45, 7) is 7.54. The quantitative estimate of drug-likeness (QED) is 0.639. The lowest BCUT2D eigenvalue weighted by Crippen LogP contribution is -2.09. The van der Waals surface area contributed by atoms with Gasteiger partial charge in [0.1, 0.15) is 11.0 Å². The molecule has 1 atom stereocenters. The van der Waals surface area contributed by atoms with Crippen LogP contribution in [0, 0.1) is 5.92 Å². The van der Waals surface area contributed by atoms with E-state index in [-0.39, 0.29) is 5.82 Å². The first kappa shape index (κ1) is 17.5. The SMILES string of the molecule is CCCC(C)COc1cnc(Cl)c2nc(-c3nonc3N)n(CC)c12. The molecule has 0 aliphatic rings. The second-order valence-corrected chi connectivity index (χ2v) is 6.35. The van der Waals surface area contributed by atoms with Crippen LogP contribution in [-0.2, 0) is 6.54 Å². The van der Waals surface area contributed by atoms with Gasteiger partial charge in [0.25, 0.3) is 0 Å². The van der Waals surface area contributed by atoms with E-state index in [1.165, 1.54) is 0 Å². The number of halogens is 1. The smallest absolute Gasteiger partial charge is 0.199 e. The Hall–Kier alpha value is -2.35. The molecule has 0 aliphatic carbocycles. The molecule has 0 saturated carbocycles. The van der Waals surface area contributed by atoms with Gasteiger partial charge in [0.2, 0.25) is 0 Å². The van der Waals surface area contributed by atoms with Crippen LogP contribution in [0.2, 0.25) is 5.15 Å². The number of pyridine rings is 1. The molecule has 0 saturated heterocycles. The van der Waals surface area contributed by atoms with Crippen molar-refractivity contribution in [1.82, 2.24) is 24.8 Å². The number of aryl methyl sites for hydroxylation is 1. The van der Waals surface area contributed by atoms with Crippen LogP contribution >= 0.6 is 11.6 Å². The van der Waals surface area contributed by atoms with Crippen LogP contribution in [0.5, 0.6) is 5.75 Å². The number of hydrogen-bond acceptors (Lipinski definition) is 7. The summed E-state index contributed by atoms with van der Waals surface area (Å²) < 4.78 is 12.7. The van der Waals surface area contributed by atoms with Crippen LogP contribution in [0.15, 0.2) is 10.8 Å². The lowest BCUT2D eigenvalue weighted by molar-refractivity contribution is 0.252. The van der Waals surface area contributed by atoms with E-state index in [9.17, 15) is 0 Å². The van der Waals surface area contributed by atoms with Crippen molar-refractivity contribution in [3.8, 4) is 17.3 Å². The Balaban J connectivity index is 2.09. The van der Waals surface area contributed by atoms with Gasteiger partial charge in [-0.25, -0.2) is 14.6 Å². The van der Waals surface area contributed by atoms with Gasteiger partial charge in [-0.05, 0) is 29.6 Å². The number of aromatic nitrogens is 5. The minimum atomic E-state index is 0.174. The summed E-state index contributed by atoms with van der Waals surface area (Å²) in [5.74, 6) is 1.78. The first-order valence-corrected chi connectivity index (χ1v) is 8.70. The van der Waals surface area contributed by atoms with Crippen LogP contribution in [-0.4, -0.2) is 31.5 Å². The second-order valence-electron chi connectivity index (χ2n) is 5.99. The molecule has 0 amide bonds. The van der Waals surface area contributed by atoms with E-state index in [1.807, 2.05) is 11.5 Å². The van der Waals surface area contributed by atoms with Crippen LogP contribution < -0.4 is 10.5 Å². The van der Waals surface area contributed by atoms with Gasteiger partial charge in [-0.1, -0.05) is 31.9 Å². The highest BCUT2D eigenvalue weighted by molar-refractivity contribution is 6.34. The Bertz CT molecular complexity index is 875. The molecule has 0 aromatic carbocycles. The highest BCUT2D eigenvalue weighted by Crippen LogP contribution is 2.34. The molecule has 0 spiro atoms. The lowest BCUT2D eigenvalue weighted by atomic mass is 10.1. The highest BCUT2D eigenvalue weighted by Gasteiger charge is 2.23. The maximum absolute atomic E-state index is 6.25. The van der Waals surface area contributed by atoms with E-state index in [1.54, 1.807) is 6.20 Å². The number of hydrogen-bond donors (Lipinski definition) is 1. The molecule has 0 aliphatic heterocycles. The largest absolute Gasteiger partial charge is 0.489 e. The van der Waals surface area contributed by atoms with Gasteiger partial charge in [0.05, 0.1) is 12.8 Å². The van der Waals surface area contributed by atoms with Gasteiger partial charge in [-0.15, -0.1) is 0 Å². The van der Waals surface area contributed by atoms with Crippen molar-refractivity contribution >= 4 is 28.5 Å². The Kier molecular flexibility index (Phi) is 5.08. The Morgan fingerprint density at radius 1 is 1.36 bits per heavy atom. The summed E-state index contributed by atoms with van der Waals surface area (Å²) in [4.78, 5) is 8.75. The number of fused-ring (bicyclic) bond motifs is 1. The van der Waals surface area contributed by atoms with Crippen LogP contribution in [0.3, 0.4) is 0 Å². The molecule has 3 heterocycles. The first-order chi connectivity index (χ1) is 12.1. The van der Waals surface area contributed by atoms with Crippen LogP contribution in [0.1, 0.15) is 33.6 Å². The lowest BCUT2D eigenvalue weighted by Gasteiger charge is -2.14. The number of anilines is 1. The molecule has 1 unspecified atom stereocenters. The fourth-order valence-electron chi connectivity index (χ4n) is 2.84. The van der Waals surface area contributed by atoms with Gasteiger partial charge in [-0.3, -0.25) is 0 Å². The van der Waals surface area contributed by atoms with Gasteiger partial charge in [0, 0.05) is 6.54 Å². The van der Waals surface area contributed by atoms with E-state index in [2.05, 4.69) is 34.1 Å². The third kappa shape index (κ3) is 3.26. The standard InChI is InChI=1S/C16H21ClN6O2/c1-4-6-9(3)8-24-10-7-19-14(17)11-13(10)23(5-2)16(20-11)12-15(18)22-25-21-12/h7,9H,4-6,8H2,1-3H3,(H2,18,22). The van der Waals surface area contributed by atoms with E-state index in [0.717, 1.165) is 18.4 Å². The molecule has 2 N–H and O–H groups in total. The Morgan fingerprint density at radius 2 is 2.16 bits per heavy atom. The third-order valence-electron chi connectivity index (χ3n) is 4.04. The number of nitrogen functional groups attached to an aromatic ring is 1. The predicted molar refractivity (Wildman–Crippen MR) is 95.5 cm³/mol. The average Bonchev–Trinajstić information content (AvgIpc) is 3.18. The molecule has 9 heteroatoms. The molecule has 3 aromatic heterocycles. The maximum Gasteiger partial charge on any atom is 0.199 e. The number of nitrogens with zero attached hydrogens (tertiary/aromatic N) is 5. The predicted octanol–water partition coefficient (Wildman–Crippen LogP) is 3.55. The average molecular weight is 365 g/mol. The molecule has 8 nitrogen and oxygen atoms in total. The second kappa shape index (κ2) is 7.26. The number of rotatable bonds is 7. The van der Waals surface area contributed by atoms with Gasteiger partial charge in [0.15, 0.2) is 28.2 Å². The minimum Gasteiger partial charge on any atom is -0.489 e. The van der Waals surface area contributed by atoms with Gasteiger partial charge >= 0.3 is 0 Å². The van der Waals surface area contributed by atoms with Crippen molar-refractivity contribution in [2.75, 3.05) is 12.3 Å². The van der Waals surface area contributed by atoms with Crippen LogP contribution in [0.4, 0.5) is 5.82 Å². The summed E-state index contributed by atoms with van der Waals surface area (Å²) in [5, 5.41) is 7.77. The van der Waals surface area contributed by atoms with Gasteiger partial charge < -0.3 is 15.0 Å². The van der Waals surface area contributed by atoms with Crippen molar-refractivity contribution in [3.05, 3.63) is 11.3 Å². The molecule has 25 heavy (non-hydrogen) atoms. The van der Waals surface area contributed by atoms with E-state index >= 15 is 0 Å². The summed E-state index contributed by atoms with van der Waals surface area (Å²) in [7, 11) is 0. The monoisotopic (exact) mass is 364 g/mol. The summed E-state index contributed by atoms with van der Waals surface area (Å²) >= 11 is 6.25. The summed E-state index contributed by atoms with van der Waals surface area (Å²) in [6.07, 6.45) is 3.85. The Labute approximate surface area is 150 Å². The molecule has 0 radical (unpaired) electrons. The van der Waals surface area contributed by atoms with E-state index < -0.39 is 0 Å².